The smallest absolute Gasteiger partial charge is 0.223 e. The fourth-order valence-corrected chi connectivity index (χ4v) is 4.19. The van der Waals surface area contributed by atoms with Gasteiger partial charge in [-0.05, 0) is 37.5 Å². The summed E-state index contributed by atoms with van der Waals surface area (Å²) in [7, 11) is 0. The fourth-order valence-electron chi connectivity index (χ4n) is 4.19. The van der Waals surface area contributed by atoms with E-state index in [2.05, 4.69) is 5.32 Å². The maximum absolute atomic E-state index is 12.2. The van der Waals surface area contributed by atoms with Crippen LogP contribution in [0.3, 0.4) is 0 Å². The molecule has 3 heteroatoms. The Morgan fingerprint density at radius 1 is 1.06 bits per heavy atom. The third-order valence-corrected chi connectivity index (χ3v) is 5.42. The molecule has 2 unspecified atom stereocenters. The summed E-state index contributed by atoms with van der Waals surface area (Å²) in [6.45, 7) is 0.696. The van der Waals surface area contributed by atoms with E-state index in [4.69, 9.17) is 5.73 Å². The lowest BCUT2D eigenvalue weighted by atomic mass is 9.82. The lowest BCUT2D eigenvalue weighted by molar-refractivity contribution is -0.123. The first kappa shape index (κ1) is 12.5. The largest absolute Gasteiger partial charge is 0.354 e. The van der Waals surface area contributed by atoms with Crippen molar-refractivity contribution in [2.75, 3.05) is 6.54 Å². The molecule has 18 heavy (non-hydrogen) atoms. The number of nitrogens with one attached hydrogen (secondary N) is 1. The second-order valence-corrected chi connectivity index (χ2v) is 6.78. The summed E-state index contributed by atoms with van der Waals surface area (Å²) in [5.41, 5.74) is 6.24. The Balaban J connectivity index is 1.47. The van der Waals surface area contributed by atoms with Gasteiger partial charge in [0.05, 0.1) is 0 Å². The van der Waals surface area contributed by atoms with Gasteiger partial charge >= 0.3 is 0 Å². The molecule has 102 valence electrons. The average Bonchev–Trinajstić information content (AvgIpc) is 3.11. The summed E-state index contributed by atoms with van der Waals surface area (Å²) in [4.78, 5) is 12.2. The standard InChI is InChI=1S/C15H26N2O/c16-15(8-4-1-5-9-15)10-17-14(18)13-11-6-2-3-7-12(11)13/h11-13H,1-10,16H2,(H,17,18). The van der Waals surface area contributed by atoms with E-state index in [0.29, 0.717) is 30.2 Å². The quantitative estimate of drug-likeness (QED) is 0.807. The van der Waals surface area contributed by atoms with Crippen LogP contribution in [0.2, 0.25) is 0 Å². The first-order valence-electron chi connectivity index (χ1n) is 7.76. The van der Waals surface area contributed by atoms with Crippen LogP contribution in [-0.2, 0) is 4.79 Å². The summed E-state index contributed by atoms with van der Waals surface area (Å²) in [5, 5.41) is 3.15. The molecular formula is C15H26N2O. The Morgan fingerprint density at radius 2 is 1.67 bits per heavy atom. The minimum atomic E-state index is -0.117. The highest BCUT2D eigenvalue weighted by Gasteiger charge is 2.54. The number of nitrogens with two attached hydrogens (primary N) is 1. The predicted octanol–water partition coefficient (Wildman–Crippen LogP) is 2.20. The summed E-state index contributed by atoms with van der Waals surface area (Å²) >= 11 is 0. The SMILES string of the molecule is NC1(CNC(=O)C2C3CCCCC32)CCCCC1. The molecule has 0 spiro atoms. The molecule has 0 aromatic rings. The van der Waals surface area contributed by atoms with Crippen molar-refractivity contribution in [3.63, 3.8) is 0 Å². The molecule has 3 aliphatic rings. The van der Waals surface area contributed by atoms with Gasteiger partial charge in [-0.15, -0.1) is 0 Å². The van der Waals surface area contributed by atoms with Gasteiger partial charge in [-0.1, -0.05) is 32.1 Å². The number of rotatable bonds is 3. The van der Waals surface area contributed by atoms with E-state index in [1.54, 1.807) is 0 Å². The molecule has 0 bridgehead atoms. The van der Waals surface area contributed by atoms with E-state index in [9.17, 15) is 4.79 Å². The lowest BCUT2D eigenvalue weighted by Crippen LogP contribution is -2.51. The van der Waals surface area contributed by atoms with E-state index in [0.717, 1.165) is 12.8 Å². The number of hydrogen-bond donors (Lipinski definition) is 2. The highest BCUT2D eigenvalue weighted by Crippen LogP contribution is 2.55. The molecule has 3 aliphatic carbocycles. The zero-order valence-electron chi connectivity index (χ0n) is 11.3. The number of amides is 1. The van der Waals surface area contributed by atoms with Crippen LogP contribution in [0.4, 0.5) is 0 Å². The van der Waals surface area contributed by atoms with Gasteiger partial charge < -0.3 is 11.1 Å². The highest BCUT2D eigenvalue weighted by molar-refractivity contribution is 5.82. The zero-order valence-corrected chi connectivity index (χ0v) is 11.3. The van der Waals surface area contributed by atoms with E-state index in [-0.39, 0.29) is 5.54 Å². The first-order valence-corrected chi connectivity index (χ1v) is 7.76. The number of carbonyl (C=O) groups excluding carboxylic acids is 1. The van der Waals surface area contributed by atoms with E-state index >= 15 is 0 Å². The Labute approximate surface area is 110 Å². The van der Waals surface area contributed by atoms with Crippen molar-refractivity contribution in [2.24, 2.45) is 23.5 Å². The van der Waals surface area contributed by atoms with Crippen molar-refractivity contribution >= 4 is 5.91 Å². The Kier molecular flexibility index (Phi) is 3.35. The molecule has 0 saturated heterocycles. The molecule has 0 aliphatic heterocycles. The molecule has 2 atom stereocenters. The van der Waals surface area contributed by atoms with Crippen molar-refractivity contribution in [3.8, 4) is 0 Å². The van der Waals surface area contributed by atoms with Crippen molar-refractivity contribution < 1.29 is 4.79 Å². The third kappa shape index (κ3) is 2.42. The third-order valence-electron chi connectivity index (χ3n) is 5.42. The van der Waals surface area contributed by atoms with Gasteiger partial charge in [0.25, 0.3) is 0 Å². The Bertz CT molecular complexity index is 310. The van der Waals surface area contributed by atoms with Crippen LogP contribution in [0, 0.1) is 17.8 Å². The van der Waals surface area contributed by atoms with Crippen LogP contribution >= 0.6 is 0 Å². The highest BCUT2D eigenvalue weighted by atomic mass is 16.2. The number of hydrogen-bond acceptors (Lipinski definition) is 2. The van der Waals surface area contributed by atoms with Crippen LogP contribution in [-0.4, -0.2) is 18.0 Å². The van der Waals surface area contributed by atoms with E-state index < -0.39 is 0 Å². The van der Waals surface area contributed by atoms with Crippen LogP contribution in [0.25, 0.3) is 0 Å². The van der Waals surface area contributed by atoms with Gasteiger partial charge in [0.15, 0.2) is 0 Å². The number of carbonyl (C=O) groups is 1. The fraction of sp³-hybridized carbons (Fsp3) is 0.933. The van der Waals surface area contributed by atoms with Gasteiger partial charge in [0.2, 0.25) is 5.91 Å². The topological polar surface area (TPSA) is 55.1 Å². The molecule has 3 saturated carbocycles. The summed E-state index contributed by atoms with van der Waals surface area (Å²) in [6.07, 6.45) is 11.1. The maximum atomic E-state index is 12.2. The van der Waals surface area contributed by atoms with Crippen molar-refractivity contribution in [3.05, 3.63) is 0 Å². The van der Waals surface area contributed by atoms with Gasteiger partial charge in [0.1, 0.15) is 0 Å². The predicted molar refractivity (Wildman–Crippen MR) is 72.0 cm³/mol. The summed E-state index contributed by atoms with van der Waals surface area (Å²) < 4.78 is 0. The zero-order chi connectivity index (χ0) is 12.6. The summed E-state index contributed by atoms with van der Waals surface area (Å²) in [6, 6.07) is 0. The first-order chi connectivity index (χ1) is 8.70. The molecule has 0 heterocycles. The minimum Gasteiger partial charge on any atom is -0.354 e. The second kappa shape index (κ2) is 4.84. The molecule has 0 aromatic heterocycles. The molecule has 0 aromatic carbocycles. The van der Waals surface area contributed by atoms with Crippen molar-refractivity contribution in [2.45, 2.75) is 63.3 Å². The van der Waals surface area contributed by atoms with Crippen LogP contribution in [0.15, 0.2) is 0 Å². The average molecular weight is 250 g/mol. The molecular weight excluding hydrogens is 224 g/mol. The van der Waals surface area contributed by atoms with Gasteiger partial charge in [-0.25, -0.2) is 0 Å². The van der Waals surface area contributed by atoms with Gasteiger partial charge in [0, 0.05) is 18.0 Å². The normalized spacial score (nSPS) is 37.7. The van der Waals surface area contributed by atoms with E-state index in [1.165, 1.54) is 44.9 Å². The van der Waals surface area contributed by atoms with Crippen molar-refractivity contribution in [1.82, 2.24) is 5.32 Å². The maximum Gasteiger partial charge on any atom is 0.223 e. The van der Waals surface area contributed by atoms with Gasteiger partial charge in [-0.3, -0.25) is 4.79 Å². The molecule has 3 N–H and O–H groups in total. The van der Waals surface area contributed by atoms with Crippen LogP contribution in [0.5, 0.6) is 0 Å². The monoisotopic (exact) mass is 250 g/mol. The van der Waals surface area contributed by atoms with Crippen LogP contribution in [0.1, 0.15) is 57.8 Å². The molecule has 3 fully saturated rings. The van der Waals surface area contributed by atoms with Crippen molar-refractivity contribution in [1.29, 1.82) is 0 Å². The Morgan fingerprint density at radius 3 is 2.28 bits per heavy atom. The summed E-state index contributed by atoms with van der Waals surface area (Å²) in [5.74, 6) is 2.04. The second-order valence-electron chi connectivity index (χ2n) is 6.78. The number of fused-ring (bicyclic) bond motifs is 1. The molecule has 3 rings (SSSR count). The minimum absolute atomic E-state index is 0.117. The van der Waals surface area contributed by atoms with Gasteiger partial charge in [-0.2, -0.15) is 0 Å². The molecule has 3 nitrogen and oxygen atoms in total. The van der Waals surface area contributed by atoms with Crippen LogP contribution < -0.4 is 11.1 Å². The lowest BCUT2D eigenvalue weighted by Gasteiger charge is -2.33. The molecule has 0 radical (unpaired) electrons. The van der Waals surface area contributed by atoms with E-state index in [1.807, 2.05) is 0 Å². The Hall–Kier alpha value is -0.570. The molecule has 1 amide bonds.